The van der Waals surface area contributed by atoms with Gasteiger partial charge in [-0.2, -0.15) is 0 Å². The minimum atomic E-state index is -2.80. The molecule has 0 saturated heterocycles. The number of hydrogen-bond donors (Lipinski definition) is 3. The van der Waals surface area contributed by atoms with Gasteiger partial charge in [0.1, 0.15) is 18.1 Å². The van der Waals surface area contributed by atoms with E-state index >= 15 is 0 Å². The summed E-state index contributed by atoms with van der Waals surface area (Å²) in [5.41, 5.74) is -0.747. The fraction of sp³-hybridized carbons (Fsp3) is 0.542. The van der Waals surface area contributed by atoms with Crippen molar-refractivity contribution >= 4 is 17.5 Å². The molecular formula is C24H30F3N3O4. The summed E-state index contributed by atoms with van der Waals surface area (Å²) in [5, 5.41) is 19.5. The number of phenols is 1. The minimum absolute atomic E-state index is 0.0103. The lowest BCUT2D eigenvalue weighted by molar-refractivity contribution is -0.124. The van der Waals surface area contributed by atoms with Gasteiger partial charge in [-0.25, -0.2) is 8.78 Å². The number of nitrogens with zero attached hydrogens (tertiary/aromatic N) is 1. The van der Waals surface area contributed by atoms with Crippen molar-refractivity contribution < 1.29 is 32.4 Å². The van der Waals surface area contributed by atoms with Crippen LogP contribution in [0.3, 0.4) is 0 Å². The van der Waals surface area contributed by atoms with Gasteiger partial charge in [-0.15, -0.1) is 0 Å². The molecule has 0 aliphatic heterocycles. The number of anilines is 1. The van der Waals surface area contributed by atoms with Crippen LogP contribution in [0, 0.1) is 11.3 Å². The third kappa shape index (κ3) is 5.05. The molecule has 10 heteroatoms. The van der Waals surface area contributed by atoms with Crippen molar-refractivity contribution in [1.29, 1.82) is 0 Å². The summed E-state index contributed by atoms with van der Waals surface area (Å²) >= 11 is 0. The molecule has 34 heavy (non-hydrogen) atoms. The highest BCUT2D eigenvalue weighted by atomic mass is 19.3. The Morgan fingerprint density at radius 2 is 1.94 bits per heavy atom. The fourth-order valence-corrected chi connectivity index (χ4v) is 4.17. The molecule has 1 heterocycles. The van der Waals surface area contributed by atoms with E-state index in [1.807, 2.05) is 13.8 Å². The summed E-state index contributed by atoms with van der Waals surface area (Å²) < 4.78 is 45.5. The molecule has 0 atom stereocenters. The maximum atomic E-state index is 13.4. The van der Waals surface area contributed by atoms with Crippen LogP contribution in [-0.4, -0.2) is 41.7 Å². The fourth-order valence-electron chi connectivity index (χ4n) is 4.17. The minimum Gasteiger partial charge on any atom is -0.507 e. The molecular weight excluding hydrogens is 451 g/mol. The number of nitrogens with one attached hydrogen (secondary N) is 2. The molecule has 0 radical (unpaired) electrons. The molecule has 0 unspecified atom stereocenters. The SMILES string of the molecule is CCNC(=O)c1noc(-c2cc(C(C)C)ccc2O)c1NC(=O)C1CCC(CF)(C(F)F)CC1. The zero-order valence-electron chi connectivity index (χ0n) is 19.5. The van der Waals surface area contributed by atoms with Gasteiger partial charge >= 0.3 is 0 Å². The van der Waals surface area contributed by atoms with Crippen molar-refractivity contribution in [3.8, 4) is 17.1 Å². The van der Waals surface area contributed by atoms with Crippen LogP contribution < -0.4 is 10.6 Å². The predicted molar refractivity (Wildman–Crippen MR) is 121 cm³/mol. The zero-order chi connectivity index (χ0) is 25.0. The monoisotopic (exact) mass is 481 g/mol. The van der Waals surface area contributed by atoms with Crippen molar-refractivity contribution in [2.24, 2.45) is 11.3 Å². The lowest BCUT2D eigenvalue weighted by Gasteiger charge is -2.36. The second-order valence-corrected chi connectivity index (χ2v) is 9.09. The molecule has 1 aromatic carbocycles. The summed E-state index contributed by atoms with van der Waals surface area (Å²) in [6.45, 7) is 4.83. The normalized spacial score (nSPS) is 20.5. The number of aromatic nitrogens is 1. The van der Waals surface area contributed by atoms with Crippen LogP contribution in [0.5, 0.6) is 5.75 Å². The summed E-state index contributed by atoms with van der Waals surface area (Å²) in [6.07, 6.45) is -2.85. The highest BCUT2D eigenvalue weighted by Gasteiger charge is 2.44. The van der Waals surface area contributed by atoms with E-state index in [1.165, 1.54) is 6.07 Å². The van der Waals surface area contributed by atoms with Crippen LogP contribution in [0.2, 0.25) is 0 Å². The molecule has 2 aromatic rings. The second kappa shape index (κ2) is 10.5. The molecule has 3 rings (SSSR count). The zero-order valence-corrected chi connectivity index (χ0v) is 19.5. The van der Waals surface area contributed by atoms with E-state index in [-0.39, 0.29) is 60.1 Å². The number of amides is 2. The Hall–Kier alpha value is -3.04. The van der Waals surface area contributed by atoms with Crippen LogP contribution in [0.15, 0.2) is 22.7 Å². The Morgan fingerprint density at radius 1 is 1.26 bits per heavy atom. The van der Waals surface area contributed by atoms with E-state index in [9.17, 15) is 27.9 Å². The summed E-state index contributed by atoms with van der Waals surface area (Å²) in [5.74, 6) is -1.70. The molecule has 0 spiro atoms. The average Bonchev–Trinajstić information content (AvgIpc) is 3.22. The molecule has 3 N–H and O–H groups in total. The first-order valence-electron chi connectivity index (χ1n) is 11.4. The maximum Gasteiger partial charge on any atom is 0.275 e. The number of alkyl halides is 3. The summed E-state index contributed by atoms with van der Waals surface area (Å²) in [6, 6.07) is 4.94. The standard InChI is InChI=1S/C24H30F3N3O4/c1-4-28-22(33)19-18(20(34-30-19)16-11-15(13(2)3)5-6-17(16)31)29-21(32)14-7-9-24(12-25,10-8-14)23(26)27/h5-6,11,13-14,23,31H,4,7-10,12H2,1-3H3,(H,28,33)(H,29,32). The largest absolute Gasteiger partial charge is 0.507 e. The van der Waals surface area contributed by atoms with Crippen molar-refractivity contribution in [3.05, 3.63) is 29.5 Å². The van der Waals surface area contributed by atoms with Crippen LogP contribution in [-0.2, 0) is 4.79 Å². The highest BCUT2D eigenvalue weighted by molar-refractivity contribution is 6.06. The molecule has 1 saturated carbocycles. The van der Waals surface area contributed by atoms with Crippen LogP contribution >= 0.6 is 0 Å². The average molecular weight is 482 g/mol. The molecule has 1 aliphatic rings. The molecule has 0 bridgehead atoms. The Kier molecular flexibility index (Phi) is 7.89. The molecule has 1 aliphatic carbocycles. The van der Waals surface area contributed by atoms with Gasteiger partial charge in [0.05, 0.1) is 11.0 Å². The number of rotatable bonds is 8. The second-order valence-electron chi connectivity index (χ2n) is 9.09. The van der Waals surface area contributed by atoms with Crippen molar-refractivity contribution in [3.63, 3.8) is 0 Å². The molecule has 2 amide bonds. The van der Waals surface area contributed by atoms with E-state index in [2.05, 4.69) is 15.8 Å². The van der Waals surface area contributed by atoms with E-state index < -0.39 is 36.2 Å². The van der Waals surface area contributed by atoms with Crippen molar-refractivity contribution in [2.75, 3.05) is 18.5 Å². The molecule has 1 aromatic heterocycles. The van der Waals surface area contributed by atoms with Gasteiger partial charge in [0.25, 0.3) is 5.91 Å². The summed E-state index contributed by atoms with van der Waals surface area (Å²) in [7, 11) is 0. The Bertz CT molecular complexity index is 1030. The van der Waals surface area contributed by atoms with E-state index in [0.29, 0.717) is 6.54 Å². The number of phenolic OH excluding ortho intramolecular Hbond substituents is 1. The lowest BCUT2D eigenvalue weighted by Crippen LogP contribution is -2.39. The van der Waals surface area contributed by atoms with E-state index in [4.69, 9.17) is 4.52 Å². The van der Waals surface area contributed by atoms with Crippen molar-refractivity contribution in [1.82, 2.24) is 10.5 Å². The van der Waals surface area contributed by atoms with Crippen molar-refractivity contribution in [2.45, 2.75) is 58.8 Å². The quantitative estimate of drug-likeness (QED) is 0.477. The van der Waals surface area contributed by atoms with Crippen LogP contribution in [0.4, 0.5) is 18.9 Å². The smallest absolute Gasteiger partial charge is 0.275 e. The first-order valence-corrected chi connectivity index (χ1v) is 11.4. The van der Waals surface area contributed by atoms with Gasteiger partial charge in [-0.3, -0.25) is 14.0 Å². The van der Waals surface area contributed by atoms with Gasteiger partial charge in [-0.1, -0.05) is 25.1 Å². The topological polar surface area (TPSA) is 104 Å². The van der Waals surface area contributed by atoms with Crippen LogP contribution in [0.1, 0.15) is 68.4 Å². The number of aromatic hydroxyl groups is 1. The first-order chi connectivity index (χ1) is 16.1. The Morgan fingerprint density at radius 3 is 2.50 bits per heavy atom. The van der Waals surface area contributed by atoms with Gasteiger partial charge in [-0.05, 0) is 56.2 Å². The van der Waals surface area contributed by atoms with Gasteiger partial charge in [0.15, 0.2) is 11.5 Å². The Balaban J connectivity index is 1.93. The maximum absolute atomic E-state index is 13.4. The number of halogens is 3. The number of carbonyl (C=O) groups is 2. The Labute approximate surface area is 196 Å². The van der Waals surface area contributed by atoms with E-state index in [1.54, 1.807) is 19.1 Å². The molecule has 7 nitrogen and oxygen atoms in total. The van der Waals surface area contributed by atoms with Gasteiger partial charge in [0, 0.05) is 12.5 Å². The predicted octanol–water partition coefficient (Wildman–Crippen LogP) is 5.27. The first kappa shape index (κ1) is 25.6. The molecule has 186 valence electrons. The number of hydrogen-bond acceptors (Lipinski definition) is 5. The highest BCUT2D eigenvalue weighted by Crippen LogP contribution is 2.45. The third-order valence-electron chi connectivity index (χ3n) is 6.51. The van der Waals surface area contributed by atoms with Crippen LogP contribution in [0.25, 0.3) is 11.3 Å². The van der Waals surface area contributed by atoms with Gasteiger partial charge in [0.2, 0.25) is 12.3 Å². The summed E-state index contributed by atoms with van der Waals surface area (Å²) in [4.78, 5) is 25.6. The third-order valence-corrected chi connectivity index (χ3v) is 6.51. The number of benzene rings is 1. The lowest BCUT2D eigenvalue weighted by atomic mass is 9.71. The van der Waals surface area contributed by atoms with Gasteiger partial charge < -0.3 is 20.3 Å². The van der Waals surface area contributed by atoms with E-state index in [0.717, 1.165) is 5.56 Å². The molecule has 1 fully saturated rings. The number of carbonyl (C=O) groups excluding carboxylic acids is 2.